The minimum Gasteiger partial charge on any atom is -0.508 e. The molecule has 1 aromatic carbocycles. The van der Waals surface area contributed by atoms with Gasteiger partial charge in [0.25, 0.3) is 5.95 Å². The summed E-state index contributed by atoms with van der Waals surface area (Å²) in [6.45, 7) is 2.97. The van der Waals surface area contributed by atoms with Crippen molar-refractivity contribution in [1.82, 2.24) is 10.1 Å². The first kappa shape index (κ1) is 12.0. The zero-order valence-electron chi connectivity index (χ0n) is 10.5. The summed E-state index contributed by atoms with van der Waals surface area (Å²) in [5, 5.41) is 13.2. The molecule has 6 heteroatoms. The fourth-order valence-corrected chi connectivity index (χ4v) is 2.00. The lowest BCUT2D eigenvalue weighted by atomic mass is 10.1. The number of phenols is 1. The molecular formula is C13H15N3O3. The number of hydrogen-bond donors (Lipinski definition) is 1. The molecule has 2 aromatic rings. The lowest BCUT2D eigenvalue weighted by Gasteiger charge is -2.24. The Morgan fingerprint density at radius 2 is 1.89 bits per heavy atom. The summed E-state index contributed by atoms with van der Waals surface area (Å²) < 4.78 is 10.5. The molecule has 19 heavy (non-hydrogen) atoms. The predicted octanol–water partition coefficient (Wildman–Crippen LogP) is 1.20. The molecular weight excluding hydrogens is 246 g/mol. The van der Waals surface area contributed by atoms with Crippen LogP contribution in [-0.2, 0) is 11.2 Å². The summed E-state index contributed by atoms with van der Waals surface area (Å²) in [5.74, 6) is 1.45. The Balaban J connectivity index is 1.68. The molecule has 0 saturated carbocycles. The maximum atomic E-state index is 9.23. The van der Waals surface area contributed by atoms with Gasteiger partial charge in [0, 0.05) is 13.1 Å². The minimum absolute atomic E-state index is 0.253. The topological polar surface area (TPSA) is 71.6 Å². The predicted molar refractivity (Wildman–Crippen MR) is 68.2 cm³/mol. The summed E-state index contributed by atoms with van der Waals surface area (Å²) >= 11 is 0. The maximum absolute atomic E-state index is 9.23. The zero-order valence-corrected chi connectivity index (χ0v) is 10.5. The van der Waals surface area contributed by atoms with Gasteiger partial charge < -0.3 is 19.3 Å². The SMILES string of the molecule is Oc1ccc(Cc2nc(N3CCOCC3)no2)cc1. The second kappa shape index (κ2) is 5.27. The molecule has 6 nitrogen and oxygen atoms in total. The molecule has 0 radical (unpaired) electrons. The molecule has 1 fully saturated rings. The molecule has 0 spiro atoms. The van der Waals surface area contributed by atoms with E-state index in [9.17, 15) is 5.11 Å². The van der Waals surface area contributed by atoms with Crippen molar-refractivity contribution in [3.8, 4) is 5.75 Å². The van der Waals surface area contributed by atoms with E-state index in [0.29, 0.717) is 31.5 Å². The van der Waals surface area contributed by atoms with Crippen molar-refractivity contribution in [2.75, 3.05) is 31.2 Å². The number of aromatic nitrogens is 2. The quantitative estimate of drug-likeness (QED) is 0.895. The van der Waals surface area contributed by atoms with Gasteiger partial charge in [-0.15, -0.1) is 0 Å². The van der Waals surface area contributed by atoms with Crippen molar-refractivity contribution in [1.29, 1.82) is 0 Å². The number of aromatic hydroxyl groups is 1. The van der Waals surface area contributed by atoms with E-state index >= 15 is 0 Å². The highest BCUT2D eigenvalue weighted by Crippen LogP contribution is 2.16. The van der Waals surface area contributed by atoms with Crippen LogP contribution < -0.4 is 4.90 Å². The van der Waals surface area contributed by atoms with Crippen LogP contribution in [0.5, 0.6) is 5.75 Å². The average molecular weight is 261 g/mol. The number of rotatable bonds is 3. The van der Waals surface area contributed by atoms with Crippen molar-refractivity contribution >= 4 is 5.95 Å². The van der Waals surface area contributed by atoms with Crippen molar-refractivity contribution < 1.29 is 14.4 Å². The number of anilines is 1. The number of morpholine rings is 1. The zero-order chi connectivity index (χ0) is 13.1. The molecule has 0 unspecified atom stereocenters. The fraction of sp³-hybridized carbons (Fsp3) is 0.385. The van der Waals surface area contributed by atoms with Crippen molar-refractivity contribution in [3.63, 3.8) is 0 Å². The third-order valence-corrected chi connectivity index (χ3v) is 3.04. The maximum Gasteiger partial charge on any atom is 0.266 e. The first-order chi connectivity index (χ1) is 9.31. The molecule has 0 aliphatic carbocycles. The molecule has 1 aliphatic heterocycles. The Morgan fingerprint density at radius 3 is 2.63 bits per heavy atom. The number of phenolic OH excluding ortho intramolecular Hbond substituents is 1. The van der Waals surface area contributed by atoms with E-state index < -0.39 is 0 Å². The second-order valence-corrected chi connectivity index (χ2v) is 4.43. The van der Waals surface area contributed by atoms with Crippen molar-refractivity contribution in [3.05, 3.63) is 35.7 Å². The summed E-state index contributed by atoms with van der Waals surface area (Å²) in [6.07, 6.45) is 0.567. The van der Waals surface area contributed by atoms with Gasteiger partial charge in [0.1, 0.15) is 5.75 Å². The van der Waals surface area contributed by atoms with Crippen LogP contribution in [-0.4, -0.2) is 41.6 Å². The smallest absolute Gasteiger partial charge is 0.266 e. The van der Waals surface area contributed by atoms with Crippen molar-refractivity contribution in [2.45, 2.75) is 6.42 Å². The van der Waals surface area contributed by atoms with E-state index in [1.807, 2.05) is 17.0 Å². The first-order valence-corrected chi connectivity index (χ1v) is 6.24. The van der Waals surface area contributed by atoms with Gasteiger partial charge in [-0.05, 0) is 22.9 Å². The number of nitrogens with zero attached hydrogens (tertiary/aromatic N) is 3. The molecule has 0 bridgehead atoms. The second-order valence-electron chi connectivity index (χ2n) is 4.43. The molecule has 0 atom stereocenters. The highest BCUT2D eigenvalue weighted by Gasteiger charge is 2.17. The molecule has 1 aromatic heterocycles. The molecule has 3 rings (SSSR count). The molecule has 1 aliphatic rings. The van der Waals surface area contributed by atoms with Crippen LogP contribution in [0.2, 0.25) is 0 Å². The standard InChI is InChI=1S/C13H15N3O3/c17-11-3-1-10(2-4-11)9-12-14-13(15-19-12)16-5-7-18-8-6-16/h1-4,17H,5-9H2. The van der Waals surface area contributed by atoms with Gasteiger partial charge in [0.05, 0.1) is 19.6 Å². The highest BCUT2D eigenvalue weighted by molar-refractivity contribution is 5.30. The van der Waals surface area contributed by atoms with E-state index in [1.165, 1.54) is 0 Å². The van der Waals surface area contributed by atoms with Gasteiger partial charge in [-0.2, -0.15) is 4.98 Å². The molecule has 0 amide bonds. The highest BCUT2D eigenvalue weighted by atomic mass is 16.5. The Labute approximate surface area is 110 Å². The number of hydrogen-bond acceptors (Lipinski definition) is 6. The van der Waals surface area contributed by atoms with Crippen molar-refractivity contribution in [2.24, 2.45) is 0 Å². The lowest BCUT2D eigenvalue weighted by Crippen LogP contribution is -2.36. The molecule has 100 valence electrons. The van der Waals surface area contributed by atoms with Crippen LogP contribution in [0.3, 0.4) is 0 Å². The minimum atomic E-state index is 0.253. The van der Waals surface area contributed by atoms with Crippen LogP contribution in [0.1, 0.15) is 11.5 Å². The van der Waals surface area contributed by atoms with E-state index in [1.54, 1.807) is 12.1 Å². The van der Waals surface area contributed by atoms with Gasteiger partial charge in [-0.25, -0.2) is 0 Å². The largest absolute Gasteiger partial charge is 0.508 e. The average Bonchev–Trinajstić information content (AvgIpc) is 2.91. The summed E-state index contributed by atoms with van der Waals surface area (Å²) in [7, 11) is 0. The third-order valence-electron chi connectivity index (χ3n) is 3.04. The van der Waals surface area contributed by atoms with Crippen LogP contribution in [0.25, 0.3) is 0 Å². The lowest BCUT2D eigenvalue weighted by molar-refractivity contribution is 0.121. The van der Waals surface area contributed by atoms with Gasteiger partial charge in [-0.3, -0.25) is 0 Å². The number of benzene rings is 1. The summed E-state index contributed by atoms with van der Waals surface area (Å²) in [6, 6.07) is 6.98. The Bertz CT molecular complexity index is 532. The third kappa shape index (κ3) is 2.85. The van der Waals surface area contributed by atoms with E-state index in [4.69, 9.17) is 9.26 Å². The summed E-state index contributed by atoms with van der Waals surface area (Å²) in [4.78, 5) is 6.43. The molecule has 1 N–H and O–H groups in total. The Kier molecular flexibility index (Phi) is 3.33. The Morgan fingerprint density at radius 1 is 1.16 bits per heavy atom. The van der Waals surface area contributed by atoms with Gasteiger partial charge in [-0.1, -0.05) is 12.1 Å². The van der Waals surface area contributed by atoms with Gasteiger partial charge in [0.2, 0.25) is 5.89 Å². The van der Waals surface area contributed by atoms with Crippen LogP contribution in [0, 0.1) is 0 Å². The van der Waals surface area contributed by atoms with Crippen LogP contribution in [0.4, 0.5) is 5.95 Å². The number of ether oxygens (including phenoxy) is 1. The van der Waals surface area contributed by atoms with E-state index in [-0.39, 0.29) is 5.75 Å². The van der Waals surface area contributed by atoms with Gasteiger partial charge >= 0.3 is 0 Å². The van der Waals surface area contributed by atoms with Gasteiger partial charge in [0.15, 0.2) is 0 Å². The van der Waals surface area contributed by atoms with E-state index in [0.717, 1.165) is 18.7 Å². The Hall–Kier alpha value is -2.08. The molecule has 2 heterocycles. The summed E-state index contributed by atoms with van der Waals surface area (Å²) in [5.41, 5.74) is 1.02. The normalized spacial score (nSPS) is 15.7. The van der Waals surface area contributed by atoms with Crippen LogP contribution in [0.15, 0.2) is 28.8 Å². The van der Waals surface area contributed by atoms with E-state index in [2.05, 4.69) is 10.1 Å². The first-order valence-electron chi connectivity index (χ1n) is 6.24. The fourth-order valence-electron chi connectivity index (χ4n) is 2.00. The monoisotopic (exact) mass is 261 g/mol. The van der Waals surface area contributed by atoms with Crippen LogP contribution >= 0.6 is 0 Å². The molecule has 1 saturated heterocycles.